The Labute approximate surface area is 67.1 Å². The van der Waals surface area contributed by atoms with E-state index in [0.29, 0.717) is 13.3 Å². The molecule has 0 atom stereocenters. The molecule has 0 rings (SSSR count). The molecule has 0 saturated heterocycles. The van der Waals surface area contributed by atoms with Crippen molar-refractivity contribution < 1.29 is 14.3 Å². The van der Waals surface area contributed by atoms with Crippen molar-refractivity contribution >= 4 is 5.97 Å². The highest BCUT2D eigenvalue weighted by Crippen LogP contribution is 1.82. The van der Waals surface area contributed by atoms with Crippen molar-refractivity contribution in [2.24, 2.45) is 0 Å². The van der Waals surface area contributed by atoms with Crippen molar-refractivity contribution in [2.75, 3.05) is 34.0 Å². The molecular formula is C7H15NO3. The van der Waals surface area contributed by atoms with E-state index >= 15 is 0 Å². The summed E-state index contributed by atoms with van der Waals surface area (Å²) in [7, 11) is 3.73. The predicted molar refractivity (Wildman–Crippen MR) is 41.1 cm³/mol. The van der Waals surface area contributed by atoms with E-state index in [4.69, 9.17) is 4.74 Å². The Hall–Kier alpha value is -0.610. The predicted octanol–water partition coefficient (Wildman–Crippen LogP) is 0.0852. The van der Waals surface area contributed by atoms with Gasteiger partial charge in [0.15, 0.2) is 0 Å². The highest BCUT2D eigenvalue weighted by molar-refractivity contribution is 5.70. The SMILES string of the molecule is CCOC(=O)COCN(C)C. The first-order valence-electron chi connectivity index (χ1n) is 3.55. The fraction of sp³-hybridized carbons (Fsp3) is 0.857. The maximum atomic E-state index is 10.7. The second-order valence-corrected chi connectivity index (χ2v) is 2.36. The molecule has 0 aliphatic rings. The molecule has 0 bridgehead atoms. The standard InChI is InChI=1S/C7H15NO3/c1-4-11-7(9)5-10-6-8(2)3/h4-6H2,1-3H3. The molecule has 0 unspecified atom stereocenters. The summed E-state index contributed by atoms with van der Waals surface area (Å²) in [6, 6.07) is 0. The van der Waals surface area contributed by atoms with E-state index in [1.807, 2.05) is 19.0 Å². The van der Waals surface area contributed by atoms with E-state index in [1.54, 1.807) is 6.92 Å². The molecule has 0 aliphatic heterocycles. The van der Waals surface area contributed by atoms with Gasteiger partial charge in [-0.3, -0.25) is 4.90 Å². The third-order valence-corrected chi connectivity index (χ3v) is 0.875. The molecule has 0 aromatic heterocycles. The summed E-state index contributed by atoms with van der Waals surface area (Å²) >= 11 is 0. The van der Waals surface area contributed by atoms with Gasteiger partial charge < -0.3 is 9.47 Å². The highest BCUT2D eigenvalue weighted by atomic mass is 16.6. The van der Waals surface area contributed by atoms with Gasteiger partial charge in [-0.05, 0) is 21.0 Å². The lowest BCUT2D eigenvalue weighted by atomic mass is 10.7. The van der Waals surface area contributed by atoms with Crippen molar-refractivity contribution in [1.29, 1.82) is 0 Å². The lowest BCUT2D eigenvalue weighted by molar-refractivity contribution is -0.149. The van der Waals surface area contributed by atoms with Crippen LogP contribution >= 0.6 is 0 Å². The third-order valence-electron chi connectivity index (χ3n) is 0.875. The number of hydrogen-bond donors (Lipinski definition) is 0. The first-order valence-corrected chi connectivity index (χ1v) is 3.55. The molecular weight excluding hydrogens is 146 g/mol. The Balaban J connectivity index is 3.17. The first kappa shape index (κ1) is 10.4. The summed E-state index contributed by atoms with van der Waals surface area (Å²) in [5, 5.41) is 0. The van der Waals surface area contributed by atoms with Crippen LogP contribution in [0.2, 0.25) is 0 Å². The monoisotopic (exact) mass is 161 g/mol. The number of hydrogen-bond acceptors (Lipinski definition) is 4. The van der Waals surface area contributed by atoms with Crippen molar-refractivity contribution in [3.63, 3.8) is 0 Å². The molecule has 0 amide bonds. The van der Waals surface area contributed by atoms with E-state index in [0.717, 1.165) is 0 Å². The van der Waals surface area contributed by atoms with Gasteiger partial charge in [-0.2, -0.15) is 0 Å². The third kappa shape index (κ3) is 7.29. The minimum absolute atomic E-state index is 0.0337. The molecule has 0 radical (unpaired) electrons. The number of nitrogens with zero attached hydrogens (tertiary/aromatic N) is 1. The smallest absolute Gasteiger partial charge is 0.332 e. The maximum Gasteiger partial charge on any atom is 0.332 e. The number of rotatable bonds is 5. The maximum absolute atomic E-state index is 10.7. The molecule has 0 aromatic rings. The number of ether oxygens (including phenoxy) is 2. The van der Waals surface area contributed by atoms with E-state index in [-0.39, 0.29) is 12.6 Å². The summed E-state index contributed by atoms with van der Waals surface area (Å²) in [6.07, 6.45) is 0. The summed E-state index contributed by atoms with van der Waals surface area (Å²) < 4.78 is 9.60. The molecule has 11 heavy (non-hydrogen) atoms. The molecule has 0 spiro atoms. The Kier molecular flexibility index (Phi) is 5.78. The van der Waals surface area contributed by atoms with Crippen LogP contribution in [0.5, 0.6) is 0 Å². The summed E-state index contributed by atoms with van der Waals surface area (Å²) in [5.74, 6) is -0.311. The van der Waals surface area contributed by atoms with E-state index in [9.17, 15) is 4.79 Å². The average Bonchev–Trinajstić information content (AvgIpc) is 1.87. The normalized spacial score (nSPS) is 10.2. The van der Waals surface area contributed by atoms with Gasteiger partial charge in [0.25, 0.3) is 0 Å². The molecule has 4 nitrogen and oxygen atoms in total. The van der Waals surface area contributed by atoms with Crippen LogP contribution in [0.15, 0.2) is 0 Å². The van der Waals surface area contributed by atoms with E-state index in [1.165, 1.54) is 0 Å². The minimum Gasteiger partial charge on any atom is -0.464 e. The Morgan fingerprint density at radius 1 is 1.45 bits per heavy atom. The van der Waals surface area contributed by atoms with Gasteiger partial charge in [0.05, 0.1) is 13.3 Å². The van der Waals surface area contributed by atoms with Gasteiger partial charge in [-0.25, -0.2) is 4.79 Å². The van der Waals surface area contributed by atoms with Crippen LogP contribution in [-0.2, 0) is 14.3 Å². The lowest BCUT2D eigenvalue weighted by Crippen LogP contribution is -2.20. The van der Waals surface area contributed by atoms with Crippen LogP contribution in [-0.4, -0.2) is 44.9 Å². The fourth-order valence-electron chi connectivity index (χ4n) is 0.514. The van der Waals surface area contributed by atoms with Gasteiger partial charge in [0.1, 0.15) is 6.61 Å². The average molecular weight is 161 g/mol. The summed E-state index contributed by atoms with van der Waals surface area (Å²) in [6.45, 7) is 2.65. The Morgan fingerprint density at radius 3 is 2.55 bits per heavy atom. The van der Waals surface area contributed by atoms with Crippen molar-refractivity contribution in [1.82, 2.24) is 4.90 Å². The molecule has 0 N–H and O–H groups in total. The second kappa shape index (κ2) is 6.12. The molecule has 0 heterocycles. The first-order chi connectivity index (χ1) is 5.16. The lowest BCUT2D eigenvalue weighted by Gasteiger charge is -2.09. The van der Waals surface area contributed by atoms with Gasteiger partial charge in [-0.1, -0.05) is 0 Å². The topological polar surface area (TPSA) is 38.8 Å². The fourth-order valence-corrected chi connectivity index (χ4v) is 0.514. The molecule has 0 aromatic carbocycles. The molecule has 0 aliphatic carbocycles. The van der Waals surface area contributed by atoms with Crippen LogP contribution in [0, 0.1) is 0 Å². The van der Waals surface area contributed by atoms with Gasteiger partial charge in [0, 0.05) is 0 Å². The van der Waals surface area contributed by atoms with Crippen LogP contribution in [0.1, 0.15) is 6.92 Å². The Bertz CT molecular complexity index is 114. The summed E-state index contributed by atoms with van der Waals surface area (Å²) in [4.78, 5) is 12.5. The molecule has 66 valence electrons. The van der Waals surface area contributed by atoms with Gasteiger partial charge in [-0.15, -0.1) is 0 Å². The number of carbonyl (C=O) groups is 1. The number of carbonyl (C=O) groups excluding carboxylic acids is 1. The number of esters is 1. The van der Waals surface area contributed by atoms with Crippen LogP contribution in [0.3, 0.4) is 0 Å². The van der Waals surface area contributed by atoms with Crippen molar-refractivity contribution in [3.8, 4) is 0 Å². The quantitative estimate of drug-likeness (QED) is 0.423. The molecule has 4 heteroatoms. The Morgan fingerprint density at radius 2 is 2.09 bits per heavy atom. The highest BCUT2D eigenvalue weighted by Gasteiger charge is 2.00. The van der Waals surface area contributed by atoms with Crippen LogP contribution in [0.25, 0.3) is 0 Å². The second-order valence-electron chi connectivity index (χ2n) is 2.36. The zero-order valence-electron chi connectivity index (χ0n) is 7.29. The van der Waals surface area contributed by atoms with E-state index in [2.05, 4.69) is 4.74 Å². The van der Waals surface area contributed by atoms with Crippen LogP contribution in [0.4, 0.5) is 0 Å². The largest absolute Gasteiger partial charge is 0.464 e. The van der Waals surface area contributed by atoms with Gasteiger partial charge >= 0.3 is 5.97 Å². The molecule has 0 fully saturated rings. The molecule has 0 saturated carbocycles. The van der Waals surface area contributed by atoms with Crippen LogP contribution < -0.4 is 0 Å². The zero-order valence-corrected chi connectivity index (χ0v) is 7.29. The van der Waals surface area contributed by atoms with Crippen molar-refractivity contribution in [3.05, 3.63) is 0 Å². The summed E-state index contributed by atoms with van der Waals surface area (Å²) in [5.41, 5.74) is 0. The van der Waals surface area contributed by atoms with Crippen molar-refractivity contribution in [2.45, 2.75) is 6.92 Å². The minimum atomic E-state index is -0.311. The van der Waals surface area contributed by atoms with E-state index < -0.39 is 0 Å². The van der Waals surface area contributed by atoms with Gasteiger partial charge in [0.2, 0.25) is 0 Å². The zero-order chi connectivity index (χ0) is 8.69.